The molecule has 0 saturated carbocycles. The lowest BCUT2D eigenvalue weighted by Crippen LogP contribution is -2.66. The van der Waals surface area contributed by atoms with Gasteiger partial charge in [0.2, 0.25) is 0 Å². The fourth-order valence-electron chi connectivity index (χ4n) is 4.43. The lowest BCUT2D eigenvalue weighted by Gasteiger charge is -2.43. The molecule has 0 fully saturated rings. The Hall–Kier alpha value is -1.12. The Morgan fingerprint density at radius 1 is 0.811 bits per heavy atom. The van der Waals surface area contributed by atoms with E-state index in [0.717, 1.165) is 0 Å². The van der Waals surface area contributed by atoms with Gasteiger partial charge in [-0.05, 0) is 42.1 Å². The summed E-state index contributed by atoms with van der Waals surface area (Å²) in [5.74, 6) is -1.56. The van der Waals surface area contributed by atoms with Crippen molar-refractivity contribution < 1.29 is 36.9 Å². The number of phosphoric acid groups is 1. The molecule has 0 aliphatic heterocycles. The van der Waals surface area contributed by atoms with Gasteiger partial charge in [-0.3, -0.25) is 18.1 Å². The monoisotopic (exact) mass is 572 g/mol. The number of unbranched alkanes of at least 4 members (excludes halogenated alkanes) is 2. The molecule has 2 aromatic carbocycles. The van der Waals surface area contributed by atoms with Gasteiger partial charge in [0.1, 0.15) is 0 Å². The van der Waals surface area contributed by atoms with E-state index in [-0.39, 0.29) is 24.7 Å². The van der Waals surface area contributed by atoms with Crippen LogP contribution in [0.2, 0.25) is 5.04 Å². The summed E-state index contributed by atoms with van der Waals surface area (Å²) < 4.78 is 46.8. The quantitative estimate of drug-likeness (QED) is 0.147. The Bertz CT molecular complexity index is 974. The standard InChI is InChI=1S/C26H42O8P2Si/c1-6-31-36(30,32-7-2)34-25(35(27,28)29)21-15-10-16-22-33-37(26(3,4)5,23-17-11-8-12-18-23)24-19-13-9-14-20-24/h8-9,11-14,17-20,25H,6-7,10,15-16,21-22H2,1-5H3,(H2,27,28,29). The largest absolute Gasteiger partial charge is 0.475 e. The molecule has 208 valence electrons. The van der Waals surface area contributed by atoms with Crippen LogP contribution in [0.15, 0.2) is 60.7 Å². The third-order valence-electron chi connectivity index (χ3n) is 6.03. The van der Waals surface area contributed by atoms with Crippen LogP contribution < -0.4 is 10.4 Å². The first-order valence-electron chi connectivity index (χ1n) is 12.8. The van der Waals surface area contributed by atoms with E-state index in [1.54, 1.807) is 13.8 Å². The second-order valence-corrected chi connectivity index (χ2v) is 17.5. The van der Waals surface area contributed by atoms with Crippen LogP contribution in [0.5, 0.6) is 0 Å². The van der Waals surface area contributed by atoms with Crippen molar-refractivity contribution >= 4 is 34.1 Å². The topological polar surface area (TPSA) is 112 Å². The smallest absolute Gasteiger partial charge is 0.407 e. The van der Waals surface area contributed by atoms with E-state index in [9.17, 15) is 18.9 Å². The maximum Gasteiger partial charge on any atom is 0.475 e. The van der Waals surface area contributed by atoms with Crippen molar-refractivity contribution in [2.45, 2.75) is 71.2 Å². The van der Waals surface area contributed by atoms with E-state index in [1.807, 2.05) is 36.4 Å². The predicted molar refractivity (Wildman–Crippen MR) is 150 cm³/mol. The second kappa shape index (κ2) is 14.3. The van der Waals surface area contributed by atoms with Gasteiger partial charge >= 0.3 is 15.4 Å². The van der Waals surface area contributed by atoms with Gasteiger partial charge in [0.15, 0.2) is 5.85 Å². The Labute approximate surface area is 222 Å². The van der Waals surface area contributed by atoms with Crippen LogP contribution in [0.3, 0.4) is 0 Å². The average Bonchev–Trinajstić information content (AvgIpc) is 2.83. The SMILES string of the molecule is CCOP(=O)(OCC)OC(CCCCCO[Si](c1ccccc1)(c1ccccc1)C(C)(C)C)P(=O)(O)O. The molecule has 37 heavy (non-hydrogen) atoms. The molecular weight excluding hydrogens is 530 g/mol. The summed E-state index contributed by atoms with van der Waals surface area (Å²) in [6, 6.07) is 20.7. The average molecular weight is 573 g/mol. The van der Waals surface area contributed by atoms with Crippen LogP contribution in [-0.4, -0.2) is 43.8 Å². The molecule has 1 unspecified atom stereocenters. The molecule has 0 aliphatic carbocycles. The van der Waals surface area contributed by atoms with Gasteiger partial charge in [0.25, 0.3) is 8.32 Å². The van der Waals surface area contributed by atoms with Gasteiger partial charge in [-0.1, -0.05) is 94.3 Å². The first-order chi connectivity index (χ1) is 17.4. The summed E-state index contributed by atoms with van der Waals surface area (Å²) in [6.07, 6.45) is 1.84. The number of rotatable bonds is 16. The molecule has 11 heteroatoms. The van der Waals surface area contributed by atoms with Crippen molar-refractivity contribution in [3.05, 3.63) is 60.7 Å². The van der Waals surface area contributed by atoms with E-state index >= 15 is 0 Å². The highest BCUT2D eigenvalue weighted by Crippen LogP contribution is 2.57. The summed E-state index contributed by atoms with van der Waals surface area (Å²) >= 11 is 0. The number of benzene rings is 2. The van der Waals surface area contributed by atoms with Gasteiger partial charge < -0.3 is 14.2 Å². The van der Waals surface area contributed by atoms with Crippen LogP contribution in [0.4, 0.5) is 0 Å². The van der Waals surface area contributed by atoms with Crippen molar-refractivity contribution in [1.29, 1.82) is 0 Å². The van der Waals surface area contributed by atoms with Crippen molar-refractivity contribution in [2.75, 3.05) is 19.8 Å². The molecule has 0 spiro atoms. The lowest BCUT2D eigenvalue weighted by atomic mass is 10.2. The molecular formula is C26H42O8P2Si. The molecule has 2 rings (SSSR count). The highest BCUT2D eigenvalue weighted by atomic mass is 31.2. The summed E-state index contributed by atoms with van der Waals surface area (Å²) in [6.45, 7) is 10.4. The molecule has 0 radical (unpaired) electrons. The van der Waals surface area contributed by atoms with Crippen molar-refractivity contribution in [3.63, 3.8) is 0 Å². The summed E-state index contributed by atoms with van der Waals surface area (Å²) in [5.41, 5.74) is 0. The van der Waals surface area contributed by atoms with Crippen LogP contribution >= 0.6 is 15.4 Å². The number of hydrogen-bond acceptors (Lipinski definition) is 6. The molecule has 0 amide bonds. The molecule has 0 heterocycles. The van der Waals surface area contributed by atoms with E-state index in [1.165, 1.54) is 10.4 Å². The van der Waals surface area contributed by atoms with Crippen LogP contribution in [0, 0.1) is 0 Å². The Kier molecular flexibility index (Phi) is 12.4. The molecule has 0 aliphatic rings. The Morgan fingerprint density at radius 2 is 1.30 bits per heavy atom. The van der Waals surface area contributed by atoms with Gasteiger partial charge in [0, 0.05) is 6.61 Å². The zero-order chi connectivity index (χ0) is 27.6. The summed E-state index contributed by atoms with van der Waals surface area (Å²) in [7, 11) is -11.4. The molecule has 2 aromatic rings. The highest BCUT2D eigenvalue weighted by Gasteiger charge is 2.50. The van der Waals surface area contributed by atoms with Gasteiger partial charge in [-0.25, -0.2) is 4.57 Å². The number of hydrogen-bond donors (Lipinski definition) is 2. The molecule has 0 aromatic heterocycles. The molecule has 2 N–H and O–H groups in total. The third kappa shape index (κ3) is 8.96. The minimum absolute atomic E-state index is 0.0215. The van der Waals surface area contributed by atoms with Crippen molar-refractivity contribution in [2.24, 2.45) is 0 Å². The second-order valence-electron chi connectivity index (χ2n) is 9.79. The maximum absolute atomic E-state index is 12.7. The summed E-state index contributed by atoms with van der Waals surface area (Å²) in [4.78, 5) is 19.5. The first kappa shape index (κ1) is 32.1. The van der Waals surface area contributed by atoms with Gasteiger partial charge in [0.05, 0.1) is 13.2 Å². The predicted octanol–water partition coefficient (Wildman–Crippen LogP) is 5.82. The number of phosphoric ester groups is 1. The van der Waals surface area contributed by atoms with E-state index in [0.29, 0.717) is 25.9 Å². The molecule has 0 saturated heterocycles. The molecule has 1 atom stereocenters. The minimum atomic E-state index is -4.68. The first-order valence-corrected chi connectivity index (χ1v) is 17.8. The summed E-state index contributed by atoms with van der Waals surface area (Å²) in [5, 5.41) is 2.27. The van der Waals surface area contributed by atoms with Crippen molar-refractivity contribution in [3.8, 4) is 0 Å². The Balaban J connectivity index is 2.09. The zero-order valence-electron chi connectivity index (χ0n) is 22.5. The fourth-order valence-corrected chi connectivity index (χ4v) is 11.6. The van der Waals surface area contributed by atoms with Gasteiger partial charge in [-0.2, -0.15) is 0 Å². The van der Waals surface area contributed by atoms with E-state index in [4.69, 9.17) is 18.0 Å². The van der Waals surface area contributed by atoms with E-state index < -0.39 is 29.6 Å². The fraction of sp³-hybridized carbons (Fsp3) is 0.538. The molecule has 0 bridgehead atoms. The van der Waals surface area contributed by atoms with Crippen molar-refractivity contribution in [1.82, 2.24) is 0 Å². The Morgan fingerprint density at radius 3 is 1.70 bits per heavy atom. The zero-order valence-corrected chi connectivity index (χ0v) is 25.3. The normalized spacial score (nSPS) is 14.0. The third-order valence-corrected chi connectivity index (χ3v) is 14.0. The van der Waals surface area contributed by atoms with Crippen LogP contribution in [0.25, 0.3) is 0 Å². The van der Waals surface area contributed by atoms with Gasteiger partial charge in [-0.15, -0.1) is 0 Å². The maximum atomic E-state index is 12.7. The lowest BCUT2D eigenvalue weighted by molar-refractivity contribution is 0.0956. The minimum Gasteiger partial charge on any atom is -0.407 e. The van der Waals surface area contributed by atoms with Crippen LogP contribution in [0.1, 0.15) is 60.3 Å². The molecule has 8 nitrogen and oxygen atoms in total. The van der Waals surface area contributed by atoms with Crippen LogP contribution in [-0.2, 0) is 27.1 Å². The highest BCUT2D eigenvalue weighted by molar-refractivity contribution is 7.54. The van der Waals surface area contributed by atoms with E-state index in [2.05, 4.69) is 45.0 Å².